The Morgan fingerprint density at radius 1 is 1.19 bits per heavy atom. The number of hydrogen-bond acceptors (Lipinski definition) is 2. The van der Waals surface area contributed by atoms with Crippen LogP contribution in [0, 0.1) is 11.3 Å². The van der Waals surface area contributed by atoms with E-state index >= 15 is 0 Å². The molecule has 1 N–H and O–H groups in total. The molecule has 4 heteroatoms. The van der Waals surface area contributed by atoms with Gasteiger partial charge in [0.1, 0.15) is 6.07 Å². The van der Waals surface area contributed by atoms with Gasteiger partial charge in [0.15, 0.2) is 0 Å². The van der Waals surface area contributed by atoms with Crippen molar-refractivity contribution in [3.05, 3.63) is 63.1 Å². The van der Waals surface area contributed by atoms with Crippen molar-refractivity contribution >= 4 is 33.2 Å². The maximum Gasteiger partial charge on any atom is 0.101 e. The van der Waals surface area contributed by atoms with Gasteiger partial charge in [-0.15, -0.1) is 0 Å². The number of nitriles is 1. The minimum Gasteiger partial charge on any atom is -0.382 e. The van der Waals surface area contributed by atoms with Crippen molar-refractivity contribution in [3.63, 3.8) is 0 Å². The van der Waals surface area contributed by atoms with Crippen LogP contribution in [0.4, 0.5) is 5.69 Å². The first-order valence-corrected chi connectivity index (χ1v) is 8.04. The third-order valence-corrected chi connectivity index (χ3v) is 4.72. The Labute approximate surface area is 137 Å². The van der Waals surface area contributed by atoms with E-state index in [-0.39, 0.29) is 0 Å². The van der Waals surface area contributed by atoms with Crippen molar-refractivity contribution in [2.45, 2.75) is 24.8 Å². The molecule has 2 nitrogen and oxygen atoms in total. The van der Waals surface area contributed by atoms with Gasteiger partial charge in [-0.2, -0.15) is 5.26 Å². The normalized spacial score (nSPS) is 20.4. The van der Waals surface area contributed by atoms with Crippen LogP contribution in [-0.4, -0.2) is 6.04 Å². The Morgan fingerprint density at radius 3 is 2.67 bits per heavy atom. The molecule has 0 saturated heterocycles. The van der Waals surface area contributed by atoms with E-state index in [0.29, 0.717) is 22.5 Å². The summed E-state index contributed by atoms with van der Waals surface area (Å²) in [5.41, 5.74) is 2.89. The highest BCUT2D eigenvalue weighted by Crippen LogP contribution is 2.39. The molecule has 106 valence electrons. The van der Waals surface area contributed by atoms with Gasteiger partial charge in [-0.3, -0.25) is 0 Å². The molecule has 1 saturated carbocycles. The van der Waals surface area contributed by atoms with Crippen LogP contribution in [0.1, 0.15) is 29.9 Å². The van der Waals surface area contributed by atoms with Gasteiger partial charge in [0.2, 0.25) is 0 Å². The van der Waals surface area contributed by atoms with E-state index < -0.39 is 0 Å². The second-order valence-electron chi connectivity index (χ2n) is 5.37. The second-order valence-corrected chi connectivity index (χ2v) is 6.69. The zero-order valence-corrected chi connectivity index (χ0v) is 13.7. The summed E-state index contributed by atoms with van der Waals surface area (Å²) in [5.74, 6) is 0.619. The lowest BCUT2D eigenvalue weighted by molar-refractivity contribution is 0.374. The maximum absolute atomic E-state index is 8.87. The molecule has 0 unspecified atom stereocenters. The van der Waals surface area contributed by atoms with Gasteiger partial charge in [-0.05, 0) is 54.7 Å². The van der Waals surface area contributed by atoms with E-state index in [2.05, 4.69) is 51.6 Å². The van der Waals surface area contributed by atoms with Crippen molar-refractivity contribution in [2.24, 2.45) is 0 Å². The number of nitrogens with zero attached hydrogens (tertiary/aromatic N) is 1. The lowest BCUT2D eigenvalue weighted by Gasteiger charge is -2.37. The van der Waals surface area contributed by atoms with Crippen molar-refractivity contribution in [1.29, 1.82) is 5.26 Å². The van der Waals surface area contributed by atoms with Crippen molar-refractivity contribution in [3.8, 4) is 6.07 Å². The number of benzene rings is 2. The standard InChI is InChI=1S/C17H14BrClN2/c18-14-3-1-2-11(6-14)13-7-16(8-13)21-15-5-4-12(10-20)17(19)9-15/h1-6,9,13,16,21H,7-8H2. The first-order valence-electron chi connectivity index (χ1n) is 6.87. The first kappa shape index (κ1) is 14.4. The van der Waals surface area contributed by atoms with E-state index in [0.717, 1.165) is 23.0 Å². The molecule has 1 aliphatic rings. The van der Waals surface area contributed by atoms with Crippen LogP contribution in [-0.2, 0) is 0 Å². The summed E-state index contributed by atoms with van der Waals surface area (Å²) in [6.07, 6.45) is 2.24. The molecule has 1 fully saturated rings. The summed E-state index contributed by atoms with van der Waals surface area (Å²) in [6, 6.07) is 16.6. The van der Waals surface area contributed by atoms with Crippen LogP contribution in [0.3, 0.4) is 0 Å². The van der Waals surface area contributed by atoms with Crippen molar-refractivity contribution in [2.75, 3.05) is 5.32 Å². The minimum absolute atomic E-state index is 0.470. The molecule has 0 heterocycles. The third-order valence-electron chi connectivity index (χ3n) is 3.92. The zero-order valence-electron chi connectivity index (χ0n) is 11.3. The highest BCUT2D eigenvalue weighted by Gasteiger charge is 2.30. The van der Waals surface area contributed by atoms with Crippen LogP contribution < -0.4 is 5.32 Å². The number of anilines is 1. The van der Waals surface area contributed by atoms with E-state index in [4.69, 9.17) is 16.9 Å². The largest absolute Gasteiger partial charge is 0.382 e. The van der Waals surface area contributed by atoms with Crippen LogP contribution in [0.2, 0.25) is 5.02 Å². The topological polar surface area (TPSA) is 35.8 Å². The molecule has 0 aliphatic heterocycles. The second kappa shape index (κ2) is 6.09. The molecule has 3 rings (SSSR count). The lowest BCUT2D eigenvalue weighted by Crippen LogP contribution is -2.33. The zero-order chi connectivity index (χ0) is 14.8. The van der Waals surface area contributed by atoms with Gasteiger partial charge in [0.05, 0.1) is 10.6 Å². The van der Waals surface area contributed by atoms with E-state index in [1.54, 1.807) is 6.07 Å². The highest BCUT2D eigenvalue weighted by atomic mass is 79.9. The monoisotopic (exact) mass is 360 g/mol. The predicted octanol–water partition coefficient (Wildman–Crippen LogP) is 5.33. The molecule has 0 amide bonds. The summed E-state index contributed by atoms with van der Waals surface area (Å²) in [7, 11) is 0. The summed E-state index contributed by atoms with van der Waals surface area (Å²) in [6.45, 7) is 0. The van der Waals surface area contributed by atoms with Crippen LogP contribution in [0.15, 0.2) is 46.9 Å². The van der Waals surface area contributed by atoms with Crippen LogP contribution in [0.25, 0.3) is 0 Å². The van der Waals surface area contributed by atoms with Gasteiger partial charge in [0, 0.05) is 16.2 Å². The van der Waals surface area contributed by atoms with E-state index in [1.807, 2.05) is 12.1 Å². The summed E-state index contributed by atoms with van der Waals surface area (Å²) >= 11 is 9.57. The number of halogens is 2. The highest BCUT2D eigenvalue weighted by molar-refractivity contribution is 9.10. The maximum atomic E-state index is 8.87. The SMILES string of the molecule is N#Cc1ccc(NC2CC(c3cccc(Br)c3)C2)cc1Cl. The Bertz CT molecular complexity index is 702. The van der Waals surface area contributed by atoms with E-state index in [9.17, 15) is 0 Å². The van der Waals surface area contributed by atoms with Crippen LogP contribution >= 0.6 is 27.5 Å². The molecular weight excluding hydrogens is 348 g/mol. The number of hydrogen-bond donors (Lipinski definition) is 1. The van der Waals surface area contributed by atoms with Gasteiger partial charge >= 0.3 is 0 Å². The molecular formula is C17H14BrClN2. The van der Waals surface area contributed by atoms with Crippen molar-refractivity contribution in [1.82, 2.24) is 0 Å². The molecule has 0 bridgehead atoms. The Kier molecular flexibility index (Phi) is 4.19. The quantitative estimate of drug-likeness (QED) is 0.801. The van der Waals surface area contributed by atoms with Gasteiger partial charge in [0.25, 0.3) is 0 Å². The third kappa shape index (κ3) is 3.23. The summed E-state index contributed by atoms with van der Waals surface area (Å²) < 4.78 is 1.13. The average Bonchev–Trinajstić information content (AvgIpc) is 2.42. The Balaban J connectivity index is 1.60. The van der Waals surface area contributed by atoms with Gasteiger partial charge < -0.3 is 5.32 Å². The van der Waals surface area contributed by atoms with E-state index in [1.165, 1.54) is 5.56 Å². The van der Waals surface area contributed by atoms with Crippen molar-refractivity contribution < 1.29 is 0 Å². The summed E-state index contributed by atoms with van der Waals surface area (Å²) in [4.78, 5) is 0. The molecule has 1 aliphatic carbocycles. The fourth-order valence-electron chi connectivity index (χ4n) is 2.70. The molecule has 2 aromatic rings. The average molecular weight is 362 g/mol. The predicted molar refractivity (Wildman–Crippen MR) is 89.7 cm³/mol. The Hall–Kier alpha value is -1.50. The smallest absolute Gasteiger partial charge is 0.101 e. The number of rotatable bonds is 3. The first-order chi connectivity index (χ1) is 10.2. The molecule has 0 atom stereocenters. The minimum atomic E-state index is 0.470. The molecule has 0 aromatic heterocycles. The fourth-order valence-corrected chi connectivity index (χ4v) is 3.34. The Morgan fingerprint density at radius 2 is 2.00 bits per heavy atom. The van der Waals surface area contributed by atoms with Crippen LogP contribution in [0.5, 0.6) is 0 Å². The lowest BCUT2D eigenvalue weighted by atomic mass is 9.76. The van der Waals surface area contributed by atoms with Gasteiger partial charge in [-0.25, -0.2) is 0 Å². The molecule has 0 radical (unpaired) electrons. The number of nitrogens with one attached hydrogen (secondary N) is 1. The molecule has 2 aromatic carbocycles. The summed E-state index contributed by atoms with van der Waals surface area (Å²) in [5, 5.41) is 12.9. The molecule has 21 heavy (non-hydrogen) atoms. The molecule has 0 spiro atoms. The fraction of sp³-hybridized carbons (Fsp3) is 0.235. The van der Waals surface area contributed by atoms with Gasteiger partial charge in [-0.1, -0.05) is 39.7 Å².